The number of nitrogens with zero attached hydrogens (tertiary/aromatic N) is 2. The van der Waals surface area contributed by atoms with E-state index in [1.54, 1.807) is 20.0 Å². The van der Waals surface area contributed by atoms with Crippen LogP contribution >= 0.6 is 0 Å². The fourth-order valence-corrected chi connectivity index (χ4v) is 2.49. The minimum Gasteiger partial charge on any atom is -0.334 e. The smallest absolute Gasteiger partial charge is 0.154 e. The van der Waals surface area contributed by atoms with E-state index >= 15 is 0 Å². The van der Waals surface area contributed by atoms with Gasteiger partial charge < -0.3 is 4.57 Å². The highest BCUT2D eigenvalue weighted by Gasteiger charge is 2.16. The van der Waals surface area contributed by atoms with Crippen LogP contribution in [-0.4, -0.2) is 29.0 Å². The molecule has 0 radical (unpaired) electrons. The number of hydrogen-bond acceptors (Lipinski definition) is 3. The lowest BCUT2D eigenvalue weighted by Crippen LogP contribution is -2.21. The van der Waals surface area contributed by atoms with Crippen LogP contribution in [0.4, 0.5) is 0 Å². The van der Waals surface area contributed by atoms with E-state index in [0.29, 0.717) is 6.54 Å². The first-order chi connectivity index (χ1) is 7.97. The molecule has 0 spiro atoms. The second-order valence-corrected chi connectivity index (χ2v) is 7.23. The van der Waals surface area contributed by atoms with Gasteiger partial charge in [-0.1, -0.05) is 13.3 Å². The molecule has 0 saturated carbocycles. The Hall–Kier alpha value is -0.840. The van der Waals surface area contributed by atoms with Crippen molar-refractivity contribution in [2.75, 3.05) is 5.75 Å². The molecule has 0 N–H and O–H groups in total. The van der Waals surface area contributed by atoms with Gasteiger partial charge in [0.2, 0.25) is 0 Å². The molecule has 1 heterocycles. The summed E-state index contributed by atoms with van der Waals surface area (Å²) in [5.41, 5.74) is 0. The van der Waals surface area contributed by atoms with E-state index in [1.807, 2.05) is 10.8 Å². The lowest BCUT2D eigenvalue weighted by Gasteiger charge is -2.10. The summed E-state index contributed by atoms with van der Waals surface area (Å²) in [5, 5.41) is -0.301. The van der Waals surface area contributed by atoms with Gasteiger partial charge in [0.1, 0.15) is 5.82 Å². The summed E-state index contributed by atoms with van der Waals surface area (Å²) >= 11 is 0. The fraction of sp³-hybridized carbons (Fsp3) is 0.750. The molecule has 98 valence electrons. The van der Waals surface area contributed by atoms with Crippen LogP contribution in [0.25, 0.3) is 0 Å². The summed E-state index contributed by atoms with van der Waals surface area (Å²) in [5.74, 6) is 1.19. The van der Waals surface area contributed by atoms with Gasteiger partial charge in [0.05, 0.1) is 11.0 Å². The third-order valence-electron chi connectivity index (χ3n) is 2.89. The Morgan fingerprint density at radius 2 is 2.12 bits per heavy atom. The first-order valence-corrected chi connectivity index (χ1v) is 7.90. The largest absolute Gasteiger partial charge is 0.334 e. The van der Waals surface area contributed by atoms with Crippen LogP contribution in [0.15, 0.2) is 12.4 Å². The Morgan fingerprint density at radius 1 is 1.41 bits per heavy atom. The van der Waals surface area contributed by atoms with E-state index in [4.69, 9.17) is 0 Å². The summed E-state index contributed by atoms with van der Waals surface area (Å²) in [7, 11) is -2.96. The molecular formula is C12H22N2O2S. The first-order valence-electron chi connectivity index (χ1n) is 6.19. The number of imidazole rings is 1. The molecule has 0 fully saturated rings. The molecule has 1 rings (SSSR count). The predicted octanol–water partition coefficient (Wildman–Crippen LogP) is 2.05. The van der Waals surface area contributed by atoms with Crippen molar-refractivity contribution in [2.24, 2.45) is 0 Å². The molecule has 0 atom stereocenters. The molecule has 0 aliphatic carbocycles. The SMILES string of the molecule is CCCCc1nccn1CCS(=O)(=O)C(C)C. The van der Waals surface area contributed by atoms with Gasteiger partial charge in [-0.15, -0.1) is 0 Å². The highest BCUT2D eigenvalue weighted by molar-refractivity contribution is 7.91. The Labute approximate surface area is 104 Å². The molecule has 5 heteroatoms. The summed E-state index contributed by atoms with van der Waals surface area (Å²) in [6.07, 6.45) is 6.74. The fourth-order valence-electron chi connectivity index (χ4n) is 1.57. The number of aromatic nitrogens is 2. The summed E-state index contributed by atoms with van der Waals surface area (Å²) < 4.78 is 25.4. The molecule has 0 bridgehead atoms. The normalized spacial score (nSPS) is 12.2. The number of sulfone groups is 1. The second kappa shape index (κ2) is 6.19. The van der Waals surface area contributed by atoms with Crippen LogP contribution in [0.2, 0.25) is 0 Å². The second-order valence-electron chi connectivity index (χ2n) is 4.56. The predicted molar refractivity (Wildman–Crippen MR) is 69.8 cm³/mol. The first kappa shape index (κ1) is 14.2. The maximum atomic E-state index is 11.7. The number of aryl methyl sites for hydroxylation is 2. The van der Waals surface area contributed by atoms with Crippen LogP contribution in [0, 0.1) is 0 Å². The zero-order valence-electron chi connectivity index (χ0n) is 10.9. The molecule has 0 unspecified atom stereocenters. The average Bonchev–Trinajstić information content (AvgIpc) is 2.71. The maximum Gasteiger partial charge on any atom is 0.154 e. The van der Waals surface area contributed by atoms with Crippen molar-refractivity contribution < 1.29 is 8.42 Å². The van der Waals surface area contributed by atoms with Crippen LogP contribution < -0.4 is 0 Å². The Kier molecular flexibility index (Phi) is 5.18. The van der Waals surface area contributed by atoms with Gasteiger partial charge in [0.25, 0.3) is 0 Å². The molecule has 0 saturated heterocycles. The molecule has 1 aromatic rings. The lowest BCUT2D eigenvalue weighted by atomic mass is 10.2. The van der Waals surface area contributed by atoms with Gasteiger partial charge >= 0.3 is 0 Å². The van der Waals surface area contributed by atoms with Gasteiger partial charge in [-0.05, 0) is 20.3 Å². The van der Waals surface area contributed by atoms with Crippen molar-refractivity contribution in [2.45, 2.75) is 51.8 Å². The molecular weight excluding hydrogens is 236 g/mol. The molecule has 0 aliphatic rings. The third-order valence-corrected chi connectivity index (χ3v) is 5.08. The average molecular weight is 258 g/mol. The Balaban J connectivity index is 2.61. The van der Waals surface area contributed by atoms with E-state index in [9.17, 15) is 8.42 Å². The van der Waals surface area contributed by atoms with E-state index in [0.717, 1.165) is 25.1 Å². The number of unbranched alkanes of at least 4 members (excludes halogenated alkanes) is 1. The lowest BCUT2D eigenvalue weighted by molar-refractivity contribution is 0.576. The molecule has 1 aromatic heterocycles. The van der Waals surface area contributed by atoms with Crippen molar-refractivity contribution in [1.29, 1.82) is 0 Å². The molecule has 0 aliphatic heterocycles. The van der Waals surface area contributed by atoms with Crippen molar-refractivity contribution >= 4 is 9.84 Å². The van der Waals surface area contributed by atoms with Crippen LogP contribution in [0.3, 0.4) is 0 Å². The van der Waals surface area contributed by atoms with Gasteiger partial charge in [-0.3, -0.25) is 0 Å². The molecule has 0 amide bonds. The minimum atomic E-state index is -2.96. The van der Waals surface area contributed by atoms with Crippen LogP contribution in [0.1, 0.15) is 39.4 Å². The zero-order chi connectivity index (χ0) is 12.9. The van der Waals surface area contributed by atoms with Crippen molar-refractivity contribution in [1.82, 2.24) is 9.55 Å². The zero-order valence-corrected chi connectivity index (χ0v) is 11.7. The van der Waals surface area contributed by atoms with Crippen LogP contribution in [0.5, 0.6) is 0 Å². The Bertz CT molecular complexity index is 435. The molecule has 0 aromatic carbocycles. The van der Waals surface area contributed by atoms with Gasteiger partial charge in [-0.2, -0.15) is 0 Å². The minimum absolute atomic E-state index is 0.195. The van der Waals surface area contributed by atoms with Crippen molar-refractivity contribution in [3.63, 3.8) is 0 Å². The third kappa shape index (κ3) is 4.15. The monoisotopic (exact) mass is 258 g/mol. The van der Waals surface area contributed by atoms with Gasteiger partial charge in [-0.25, -0.2) is 13.4 Å². The van der Waals surface area contributed by atoms with E-state index in [-0.39, 0.29) is 11.0 Å². The standard InChI is InChI=1S/C12H22N2O2S/c1-4-5-6-12-13-7-8-14(12)9-10-17(15,16)11(2)3/h7-8,11H,4-6,9-10H2,1-3H3. The van der Waals surface area contributed by atoms with Gasteiger partial charge in [0, 0.05) is 25.4 Å². The molecule has 4 nitrogen and oxygen atoms in total. The number of rotatable bonds is 7. The summed E-state index contributed by atoms with van der Waals surface area (Å²) in [4.78, 5) is 4.27. The van der Waals surface area contributed by atoms with Gasteiger partial charge in [0.15, 0.2) is 9.84 Å². The topological polar surface area (TPSA) is 52.0 Å². The molecule has 17 heavy (non-hydrogen) atoms. The highest BCUT2D eigenvalue weighted by Crippen LogP contribution is 2.06. The van der Waals surface area contributed by atoms with E-state index in [2.05, 4.69) is 11.9 Å². The van der Waals surface area contributed by atoms with E-state index < -0.39 is 9.84 Å². The number of hydrogen-bond donors (Lipinski definition) is 0. The van der Waals surface area contributed by atoms with E-state index in [1.165, 1.54) is 0 Å². The quantitative estimate of drug-likeness (QED) is 0.752. The summed E-state index contributed by atoms with van der Waals surface area (Å²) in [6.45, 7) is 6.10. The van der Waals surface area contributed by atoms with Crippen molar-refractivity contribution in [3.05, 3.63) is 18.2 Å². The van der Waals surface area contributed by atoms with Crippen molar-refractivity contribution in [3.8, 4) is 0 Å². The maximum absolute atomic E-state index is 11.7. The van der Waals surface area contributed by atoms with Crippen LogP contribution in [-0.2, 0) is 22.8 Å². The Morgan fingerprint density at radius 3 is 2.71 bits per heavy atom. The summed E-state index contributed by atoms with van der Waals surface area (Å²) in [6, 6.07) is 0. The highest BCUT2D eigenvalue weighted by atomic mass is 32.2.